The Morgan fingerprint density at radius 3 is 2.69 bits per heavy atom. The highest BCUT2D eigenvalue weighted by Crippen LogP contribution is 2.15. The fourth-order valence-electron chi connectivity index (χ4n) is 2.60. The van der Waals surface area contributed by atoms with Gasteiger partial charge in [0.25, 0.3) is 0 Å². The van der Waals surface area contributed by atoms with E-state index in [0.29, 0.717) is 5.70 Å². The maximum Gasteiger partial charge on any atom is 0.209 e. The van der Waals surface area contributed by atoms with Crippen LogP contribution in [-0.2, 0) is 6.42 Å². The number of nitrogens with one attached hydrogen (secondary N) is 2. The molecule has 0 unspecified atom stereocenters. The van der Waals surface area contributed by atoms with E-state index in [1.54, 1.807) is 10.9 Å². The predicted octanol–water partition coefficient (Wildman–Crippen LogP) is 3.90. The second kappa shape index (κ2) is 8.07. The number of aromatic nitrogens is 2. The summed E-state index contributed by atoms with van der Waals surface area (Å²) in [5, 5.41) is 15.1. The van der Waals surface area contributed by atoms with E-state index in [1.165, 1.54) is 17.7 Å². The van der Waals surface area contributed by atoms with Crippen molar-refractivity contribution in [2.75, 3.05) is 5.32 Å². The lowest BCUT2D eigenvalue weighted by Gasteiger charge is -2.12. The van der Waals surface area contributed by atoms with Crippen LogP contribution in [-0.4, -0.2) is 16.0 Å². The van der Waals surface area contributed by atoms with Gasteiger partial charge in [-0.2, -0.15) is 5.10 Å². The van der Waals surface area contributed by atoms with E-state index in [9.17, 15) is 4.79 Å². The second-order valence-electron chi connectivity index (χ2n) is 5.73. The minimum absolute atomic E-state index is 0.204. The average molecular weight is 344 g/mol. The Balaban J connectivity index is 2.03. The van der Waals surface area contributed by atoms with Gasteiger partial charge in [-0.25, -0.2) is 4.68 Å². The van der Waals surface area contributed by atoms with Gasteiger partial charge in [0.1, 0.15) is 0 Å². The van der Waals surface area contributed by atoms with Crippen molar-refractivity contribution in [1.29, 1.82) is 5.41 Å². The first-order valence-corrected chi connectivity index (χ1v) is 8.43. The van der Waals surface area contributed by atoms with Crippen LogP contribution in [0.2, 0.25) is 0 Å². The number of benzene rings is 2. The molecule has 0 saturated carbocycles. The molecule has 5 heteroatoms. The van der Waals surface area contributed by atoms with Crippen molar-refractivity contribution in [3.63, 3.8) is 0 Å². The molecule has 0 aliphatic carbocycles. The summed E-state index contributed by atoms with van der Waals surface area (Å²) in [6.45, 7) is 2.10. The molecule has 0 aliphatic heterocycles. The summed E-state index contributed by atoms with van der Waals surface area (Å²) in [6, 6.07) is 19.0. The van der Waals surface area contributed by atoms with E-state index in [-0.39, 0.29) is 11.1 Å². The van der Waals surface area contributed by atoms with Gasteiger partial charge >= 0.3 is 0 Å². The maximum absolute atomic E-state index is 12.4. The molecule has 3 aromatic rings. The minimum Gasteiger partial charge on any atom is -0.354 e. The first-order chi connectivity index (χ1) is 12.7. The fourth-order valence-corrected chi connectivity index (χ4v) is 2.60. The summed E-state index contributed by atoms with van der Waals surface area (Å²) < 4.78 is 1.68. The summed E-state index contributed by atoms with van der Waals surface area (Å²) in [4.78, 5) is 12.4. The molecular formula is C21H20N4O. The van der Waals surface area contributed by atoms with E-state index in [4.69, 9.17) is 5.41 Å². The molecule has 26 heavy (non-hydrogen) atoms. The summed E-state index contributed by atoms with van der Waals surface area (Å²) in [6.07, 6.45) is 5.26. The average Bonchev–Trinajstić information content (AvgIpc) is 2.69. The third kappa shape index (κ3) is 3.95. The number of nitrogens with zero attached hydrogens (tertiary/aromatic N) is 2. The topological polar surface area (TPSA) is 70.8 Å². The molecule has 0 aliphatic rings. The van der Waals surface area contributed by atoms with Crippen LogP contribution in [0.3, 0.4) is 0 Å². The van der Waals surface area contributed by atoms with Crippen molar-refractivity contribution < 1.29 is 0 Å². The molecule has 0 radical (unpaired) electrons. The Kier molecular flexibility index (Phi) is 5.39. The van der Waals surface area contributed by atoms with Crippen LogP contribution >= 0.6 is 0 Å². The molecule has 0 saturated heterocycles. The molecule has 5 nitrogen and oxygen atoms in total. The highest BCUT2D eigenvalue weighted by atomic mass is 16.1. The monoisotopic (exact) mass is 344 g/mol. The normalized spacial score (nSPS) is 11.2. The number of para-hydroxylation sites is 1. The Hall–Kier alpha value is -3.47. The van der Waals surface area contributed by atoms with E-state index >= 15 is 0 Å². The van der Waals surface area contributed by atoms with Gasteiger partial charge in [-0.3, -0.25) is 4.79 Å². The zero-order valence-corrected chi connectivity index (χ0v) is 14.5. The smallest absolute Gasteiger partial charge is 0.209 e. The van der Waals surface area contributed by atoms with Crippen molar-refractivity contribution in [3.8, 4) is 5.69 Å². The second-order valence-corrected chi connectivity index (χ2v) is 5.73. The number of hydrogen-bond donors (Lipinski definition) is 2. The quantitative estimate of drug-likeness (QED) is 0.666. The molecule has 2 N–H and O–H groups in total. The van der Waals surface area contributed by atoms with Crippen LogP contribution in [0.15, 0.2) is 77.7 Å². The van der Waals surface area contributed by atoms with Gasteiger partial charge in [0, 0.05) is 24.2 Å². The van der Waals surface area contributed by atoms with Gasteiger partial charge < -0.3 is 10.7 Å². The van der Waals surface area contributed by atoms with Crippen LogP contribution < -0.4 is 10.7 Å². The Bertz CT molecular complexity index is 990. The number of anilines is 1. The Morgan fingerprint density at radius 2 is 1.96 bits per heavy atom. The molecule has 130 valence electrons. The molecule has 0 bridgehead atoms. The van der Waals surface area contributed by atoms with Crippen molar-refractivity contribution in [2.24, 2.45) is 0 Å². The van der Waals surface area contributed by atoms with Gasteiger partial charge in [0.05, 0.1) is 11.4 Å². The fraction of sp³-hybridized carbons (Fsp3) is 0.0952. The largest absolute Gasteiger partial charge is 0.354 e. The Labute approximate surface area is 152 Å². The van der Waals surface area contributed by atoms with Gasteiger partial charge in [-0.05, 0) is 42.3 Å². The molecule has 0 fully saturated rings. The van der Waals surface area contributed by atoms with Crippen molar-refractivity contribution in [2.45, 2.75) is 13.3 Å². The van der Waals surface area contributed by atoms with Gasteiger partial charge in [-0.1, -0.05) is 37.3 Å². The number of hydrogen-bond acceptors (Lipinski definition) is 4. The first-order valence-electron chi connectivity index (χ1n) is 8.43. The van der Waals surface area contributed by atoms with Crippen LogP contribution in [0.5, 0.6) is 0 Å². The van der Waals surface area contributed by atoms with Crippen LogP contribution in [0.1, 0.15) is 18.2 Å². The lowest BCUT2D eigenvalue weighted by atomic mass is 10.1. The van der Waals surface area contributed by atoms with E-state index in [1.807, 2.05) is 48.5 Å². The maximum atomic E-state index is 12.4. The zero-order chi connectivity index (χ0) is 18.4. The third-order valence-electron chi connectivity index (χ3n) is 3.95. The summed E-state index contributed by atoms with van der Waals surface area (Å²) >= 11 is 0. The van der Waals surface area contributed by atoms with Gasteiger partial charge in [0.15, 0.2) is 5.69 Å². The molecule has 0 spiro atoms. The standard InChI is InChI=1S/C21H20N4O/c1-2-16-7-6-10-18(15-16)25-14-12-20(26)21(24-25)19(11-13-22)23-17-8-4-3-5-9-17/h3-15,22-23H,2H2,1H3/b19-11-,22-13?. The highest BCUT2D eigenvalue weighted by Gasteiger charge is 2.10. The molecular weight excluding hydrogens is 324 g/mol. The summed E-state index contributed by atoms with van der Waals surface area (Å²) in [5.74, 6) is 0. The zero-order valence-electron chi connectivity index (χ0n) is 14.5. The van der Waals surface area contributed by atoms with Crippen LogP contribution in [0.25, 0.3) is 11.4 Å². The molecule has 1 heterocycles. The number of aryl methyl sites for hydroxylation is 1. The number of rotatable bonds is 6. The summed E-state index contributed by atoms with van der Waals surface area (Å²) in [5.41, 5.74) is 3.45. The first kappa shape index (κ1) is 17.4. The van der Waals surface area contributed by atoms with E-state index in [2.05, 4.69) is 23.4 Å². The SMILES string of the molecule is CCc1cccc(-n2ccc(=O)c(/C(=C/C=N)Nc3ccccc3)n2)c1. The van der Waals surface area contributed by atoms with Gasteiger partial charge in [-0.15, -0.1) is 0 Å². The predicted molar refractivity (Wildman–Crippen MR) is 106 cm³/mol. The van der Waals surface area contributed by atoms with Crippen molar-refractivity contribution in [1.82, 2.24) is 9.78 Å². The van der Waals surface area contributed by atoms with Crippen molar-refractivity contribution >= 4 is 17.6 Å². The minimum atomic E-state index is -0.204. The molecule has 1 aromatic heterocycles. The van der Waals surface area contributed by atoms with E-state index in [0.717, 1.165) is 24.0 Å². The van der Waals surface area contributed by atoms with E-state index < -0.39 is 0 Å². The van der Waals surface area contributed by atoms with Gasteiger partial charge in [0.2, 0.25) is 5.43 Å². The van der Waals surface area contributed by atoms with Crippen molar-refractivity contribution in [3.05, 3.63) is 94.4 Å². The lowest BCUT2D eigenvalue weighted by Crippen LogP contribution is -2.18. The third-order valence-corrected chi connectivity index (χ3v) is 3.95. The molecule has 3 rings (SSSR count). The van der Waals surface area contributed by atoms with Crippen LogP contribution in [0, 0.1) is 5.41 Å². The van der Waals surface area contributed by atoms with Crippen LogP contribution in [0.4, 0.5) is 5.69 Å². The molecule has 2 aromatic carbocycles. The number of allylic oxidation sites excluding steroid dienone is 1. The molecule has 0 atom stereocenters. The Morgan fingerprint density at radius 1 is 1.15 bits per heavy atom. The molecule has 0 amide bonds. The lowest BCUT2D eigenvalue weighted by molar-refractivity contribution is 0.823. The highest BCUT2D eigenvalue weighted by molar-refractivity contribution is 5.86. The summed E-state index contributed by atoms with van der Waals surface area (Å²) in [7, 11) is 0.